The number of carboxylic acids is 1. The lowest BCUT2D eigenvalue weighted by Gasteiger charge is -2.49. The number of anilines is 1. The first-order valence-corrected chi connectivity index (χ1v) is 15.3. The Labute approximate surface area is 237 Å². The van der Waals surface area contributed by atoms with Crippen LogP contribution in [0.25, 0.3) is 0 Å². The number of thiazole rings is 1. The van der Waals surface area contributed by atoms with Gasteiger partial charge in [0.15, 0.2) is 16.8 Å². The van der Waals surface area contributed by atoms with Gasteiger partial charge in [-0.05, 0) is 22.3 Å². The van der Waals surface area contributed by atoms with Gasteiger partial charge in [-0.25, -0.2) is 14.5 Å². The number of carboxylic acid groups (broad SMARTS) is 1. The molecule has 206 valence electrons. The van der Waals surface area contributed by atoms with E-state index in [9.17, 15) is 24.3 Å². The van der Waals surface area contributed by atoms with E-state index >= 15 is 0 Å². The van der Waals surface area contributed by atoms with Crippen molar-refractivity contribution in [3.8, 4) is 0 Å². The fourth-order valence-electron chi connectivity index (χ4n) is 3.54. The maximum atomic E-state index is 13.1. The Kier molecular flexibility index (Phi) is 9.59. The molecule has 0 aromatic carbocycles. The first-order valence-electron chi connectivity index (χ1n) is 10.9. The van der Waals surface area contributed by atoms with Gasteiger partial charge in [0.25, 0.3) is 11.8 Å². The summed E-state index contributed by atoms with van der Waals surface area (Å²) in [6.45, 7) is 4.05. The molecular formula is C20H21N9O6S4. The van der Waals surface area contributed by atoms with Crippen molar-refractivity contribution in [2.75, 3.05) is 29.0 Å². The minimum absolute atomic E-state index is 0.120. The van der Waals surface area contributed by atoms with Gasteiger partial charge in [-0.3, -0.25) is 19.3 Å². The molecule has 2 aliphatic heterocycles. The molecule has 15 nitrogen and oxygen atoms in total. The Hall–Kier alpha value is -3.42. The summed E-state index contributed by atoms with van der Waals surface area (Å²) in [7, 11) is 0. The number of oxime groups is 1. The Morgan fingerprint density at radius 1 is 1.44 bits per heavy atom. The number of allylic oxidation sites excluding steroid dienone is 1. The van der Waals surface area contributed by atoms with Crippen LogP contribution in [0.2, 0.25) is 0 Å². The summed E-state index contributed by atoms with van der Waals surface area (Å²) < 4.78 is 1.53. The van der Waals surface area contributed by atoms with Crippen molar-refractivity contribution in [2.45, 2.75) is 23.1 Å². The van der Waals surface area contributed by atoms with E-state index in [0.717, 1.165) is 11.3 Å². The average molecular weight is 612 g/mol. The number of aliphatic carboxylic acids is 1. The van der Waals surface area contributed by atoms with Gasteiger partial charge < -0.3 is 20.6 Å². The lowest BCUT2D eigenvalue weighted by atomic mass is 10.0. The number of nitrogens with zero attached hydrogens (tertiary/aromatic N) is 7. The first kappa shape index (κ1) is 28.6. The van der Waals surface area contributed by atoms with Gasteiger partial charge >= 0.3 is 5.97 Å². The molecule has 2 aromatic heterocycles. The van der Waals surface area contributed by atoms with E-state index in [1.165, 1.54) is 50.2 Å². The van der Waals surface area contributed by atoms with Crippen LogP contribution in [0.3, 0.4) is 0 Å². The molecule has 4 rings (SSSR count). The number of nitrogens with one attached hydrogen (secondary N) is 2. The van der Waals surface area contributed by atoms with Gasteiger partial charge in [-0.2, -0.15) is 0 Å². The Morgan fingerprint density at radius 3 is 2.97 bits per heavy atom. The van der Waals surface area contributed by atoms with Gasteiger partial charge in [0.2, 0.25) is 11.6 Å². The lowest BCUT2D eigenvalue weighted by Crippen LogP contribution is -2.71. The number of hydrogen-bond donors (Lipinski definition) is 3. The fourth-order valence-corrected chi connectivity index (χ4v) is 6.72. The summed E-state index contributed by atoms with van der Waals surface area (Å²) in [6, 6.07) is -0.983. The van der Waals surface area contributed by atoms with Crippen molar-refractivity contribution in [3.63, 3.8) is 0 Å². The third kappa shape index (κ3) is 6.26. The predicted molar refractivity (Wildman–Crippen MR) is 146 cm³/mol. The number of carbonyl (C=O) groups excluding carboxylic acids is 3. The van der Waals surface area contributed by atoms with Crippen molar-refractivity contribution in [3.05, 3.63) is 35.0 Å². The number of thioether (sulfide) groups is 3. The second-order valence-corrected chi connectivity index (χ2v) is 11.3. The third-order valence-electron chi connectivity index (χ3n) is 5.18. The van der Waals surface area contributed by atoms with Gasteiger partial charge in [-0.1, -0.05) is 23.0 Å². The van der Waals surface area contributed by atoms with E-state index in [1.807, 2.05) is 0 Å². The van der Waals surface area contributed by atoms with Crippen molar-refractivity contribution >= 4 is 81.7 Å². The van der Waals surface area contributed by atoms with Crippen LogP contribution in [-0.4, -0.2) is 100 Å². The van der Waals surface area contributed by atoms with E-state index in [0.29, 0.717) is 29.4 Å². The summed E-state index contributed by atoms with van der Waals surface area (Å²) in [5.41, 5.74) is 0.373. The standard InChI is InChI=1S/C20H21N9O6S4/c1-3-4-28-20(24-26-27-28)39-6-10-5-37-17-13(16(32)29(17)14(10)18(33)34)23-15(31)12(25-35-9-36-2)11-7-38-19(22-11)21-8-30/h3,7-8,13,17H,1,4-6,9H2,2H3,(H,23,31)(H,33,34)(H,21,22,30)/t13?,17-/m0/s1. The van der Waals surface area contributed by atoms with Crippen LogP contribution >= 0.6 is 46.6 Å². The molecular weight excluding hydrogens is 591 g/mol. The van der Waals surface area contributed by atoms with E-state index in [-0.39, 0.29) is 33.9 Å². The molecule has 2 atom stereocenters. The van der Waals surface area contributed by atoms with Crippen LogP contribution < -0.4 is 10.6 Å². The summed E-state index contributed by atoms with van der Waals surface area (Å²) in [5, 5.41) is 31.9. The Bertz CT molecular complexity index is 1340. The third-order valence-corrected chi connectivity index (χ3v) is 8.68. The number of fused-ring (bicyclic) bond motifs is 1. The van der Waals surface area contributed by atoms with Gasteiger partial charge in [-0.15, -0.1) is 46.5 Å². The highest BCUT2D eigenvalue weighted by Gasteiger charge is 2.54. The van der Waals surface area contributed by atoms with Crippen LogP contribution in [0, 0.1) is 0 Å². The molecule has 1 saturated heterocycles. The number of rotatable bonds is 14. The molecule has 3 N–H and O–H groups in total. The minimum atomic E-state index is -1.25. The second kappa shape index (κ2) is 13.1. The molecule has 0 radical (unpaired) electrons. The highest BCUT2D eigenvalue weighted by molar-refractivity contribution is 8.01. The van der Waals surface area contributed by atoms with Crippen molar-refractivity contribution in [2.24, 2.45) is 5.16 Å². The van der Waals surface area contributed by atoms with Crippen LogP contribution in [0.4, 0.5) is 5.13 Å². The SMILES string of the molecule is C=CCn1nnnc1SCC1=C(C(=O)O)N2C(=O)C(NC(=O)C(=NOCSC)c3csc(NC=O)n3)[C@@H]2SC1. The molecule has 2 aliphatic rings. The zero-order chi connectivity index (χ0) is 27.9. The number of aromatic nitrogens is 5. The summed E-state index contributed by atoms with van der Waals surface area (Å²) >= 11 is 5.00. The normalized spacial score (nSPS) is 18.7. The van der Waals surface area contributed by atoms with E-state index in [1.54, 1.807) is 12.3 Å². The molecule has 0 bridgehead atoms. The highest BCUT2D eigenvalue weighted by atomic mass is 32.2. The lowest BCUT2D eigenvalue weighted by molar-refractivity contribution is -0.150. The number of β-lactam (4-membered cyclic amide) rings is 1. The zero-order valence-electron chi connectivity index (χ0n) is 20.2. The molecule has 4 heterocycles. The molecule has 1 fully saturated rings. The molecule has 2 aromatic rings. The topological polar surface area (TPSA) is 194 Å². The first-order chi connectivity index (χ1) is 18.9. The predicted octanol–water partition coefficient (Wildman–Crippen LogP) is 0.456. The molecule has 3 amide bonds. The van der Waals surface area contributed by atoms with E-state index in [2.05, 4.69) is 42.9 Å². The summed E-state index contributed by atoms with van der Waals surface area (Å²) in [5.74, 6) is -1.79. The van der Waals surface area contributed by atoms with Crippen LogP contribution in [0.1, 0.15) is 5.69 Å². The monoisotopic (exact) mass is 611 g/mol. The molecule has 39 heavy (non-hydrogen) atoms. The van der Waals surface area contributed by atoms with E-state index < -0.39 is 29.2 Å². The highest BCUT2D eigenvalue weighted by Crippen LogP contribution is 2.41. The van der Waals surface area contributed by atoms with E-state index in [4.69, 9.17) is 4.84 Å². The quantitative estimate of drug-likeness (QED) is 0.0390. The summed E-state index contributed by atoms with van der Waals surface area (Å²) in [6.07, 6.45) is 3.88. The van der Waals surface area contributed by atoms with Crippen LogP contribution in [0.15, 0.2) is 39.6 Å². The maximum Gasteiger partial charge on any atom is 0.352 e. The largest absolute Gasteiger partial charge is 0.477 e. The van der Waals surface area contributed by atoms with Crippen LogP contribution in [-0.2, 0) is 30.6 Å². The van der Waals surface area contributed by atoms with Gasteiger partial charge in [0.05, 0.1) is 6.54 Å². The smallest absolute Gasteiger partial charge is 0.352 e. The minimum Gasteiger partial charge on any atom is -0.477 e. The Morgan fingerprint density at radius 2 is 2.26 bits per heavy atom. The molecule has 1 unspecified atom stereocenters. The maximum absolute atomic E-state index is 13.1. The number of hydrogen-bond acceptors (Lipinski definition) is 14. The Balaban J connectivity index is 1.48. The average Bonchev–Trinajstić information content (AvgIpc) is 3.57. The summed E-state index contributed by atoms with van der Waals surface area (Å²) in [4.78, 5) is 59.6. The fraction of sp³-hybridized carbons (Fsp3) is 0.350. The molecule has 0 saturated carbocycles. The molecule has 0 aliphatic carbocycles. The van der Waals surface area contributed by atoms with Crippen molar-refractivity contribution in [1.82, 2.24) is 35.4 Å². The van der Waals surface area contributed by atoms with Gasteiger partial charge in [0, 0.05) is 16.9 Å². The second-order valence-electron chi connectivity index (χ2n) is 7.61. The number of amides is 3. The van der Waals surface area contributed by atoms with Gasteiger partial charge in [0.1, 0.15) is 22.8 Å². The molecule has 0 spiro atoms. The molecule has 19 heteroatoms. The number of tetrazole rings is 1. The zero-order valence-corrected chi connectivity index (χ0v) is 23.4. The van der Waals surface area contributed by atoms with Crippen molar-refractivity contribution in [1.29, 1.82) is 0 Å². The van der Waals surface area contributed by atoms with Crippen molar-refractivity contribution < 1.29 is 29.1 Å². The van der Waals surface area contributed by atoms with Crippen LogP contribution in [0.5, 0.6) is 0 Å². The number of carbonyl (C=O) groups is 4.